The molecule has 2 saturated heterocycles. The third-order valence-corrected chi connectivity index (χ3v) is 7.18. The summed E-state index contributed by atoms with van der Waals surface area (Å²) in [5.41, 5.74) is 0.816. The van der Waals surface area contributed by atoms with Gasteiger partial charge < -0.3 is 24.4 Å². The summed E-state index contributed by atoms with van der Waals surface area (Å²) in [6.45, 7) is 3.06. The molecule has 0 radical (unpaired) electrons. The SMILES string of the molecule is COCC(=O)N1CCC2(CC1)OCCc1cc(C(=O)N3CC[C@@H](O)C3)sc12. The van der Waals surface area contributed by atoms with Crippen LogP contribution >= 0.6 is 11.3 Å². The maximum atomic E-state index is 12.8. The zero-order chi connectivity index (χ0) is 19.0. The Kier molecular flexibility index (Phi) is 5.24. The number of β-amino-alcohol motifs (C(OH)–C–C–N with tert-alkyl or cyclic N) is 1. The molecule has 0 unspecified atom stereocenters. The topological polar surface area (TPSA) is 79.3 Å². The molecule has 8 heteroatoms. The van der Waals surface area contributed by atoms with E-state index >= 15 is 0 Å². The highest BCUT2D eigenvalue weighted by molar-refractivity contribution is 7.14. The molecule has 1 aromatic rings. The van der Waals surface area contributed by atoms with Gasteiger partial charge in [-0.25, -0.2) is 0 Å². The largest absolute Gasteiger partial charge is 0.391 e. The van der Waals surface area contributed by atoms with Crippen molar-refractivity contribution in [3.05, 3.63) is 21.4 Å². The standard InChI is InChI=1S/C19H26N2O5S/c1-25-12-16(23)20-7-4-19(5-8-20)17-13(3-9-26-19)10-15(27-17)18(24)21-6-2-14(22)11-21/h10,14,22H,2-9,11-12H2,1H3/t14-/m1/s1. The average molecular weight is 394 g/mol. The predicted molar refractivity (Wildman–Crippen MR) is 99.9 cm³/mol. The number of carbonyl (C=O) groups excluding carboxylic acids is 2. The highest BCUT2D eigenvalue weighted by atomic mass is 32.1. The third-order valence-electron chi connectivity index (χ3n) is 5.83. The Morgan fingerprint density at radius 2 is 2.11 bits per heavy atom. The molecule has 1 atom stereocenters. The normalized spacial score (nSPS) is 24.3. The van der Waals surface area contributed by atoms with Crippen LogP contribution in [0.25, 0.3) is 0 Å². The van der Waals surface area contributed by atoms with Gasteiger partial charge in [-0.2, -0.15) is 0 Å². The van der Waals surface area contributed by atoms with E-state index < -0.39 is 6.10 Å². The van der Waals surface area contributed by atoms with Gasteiger partial charge in [0.05, 0.1) is 17.6 Å². The minimum absolute atomic E-state index is 0.00816. The van der Waals surface area contributed by atoms with Crippen molar-refractivity contribution in [1.82, 2.24) is 9.80 Å². The molecule has 3 aliphatic heterocycles. The first-order valence-electron chi connectivity index (χ1n) is 9.53. The molecule has 4 heterocycles. The molecular formula is C19H26N2O5S. The van der Waals surface area contributed by atoms with Crippen LogP contribution in [-0.4, -0.2) is 79.3 Å². The number of methoxy groups -OCH3 is 1. The van der Waals surface area contributed by atoms with Gasteiger partial charge in [0.1, 0.15) is 12.2 Å². The number of rotatable bonds is 3. The minimum atomic E-state index is -0.410. The maximum Gasteiger partial charge on any atom is 0.264 e. The van der Waals surface area contributed by atoms with Crippen molar-refractivity contribution in [3.63, 3.8) is 0 Å². The summed E-state index contributed by atoms with van der Waals surface area (Å²) in [7, 11) is 1.53. The van der Waals surface area contributed by atoms with Crippen LogP contribution in [0.1, 0.15) is 39.4 Å². The number of hydrogen-bond acceptors (Lipinski definition) is 6. The van der Waals surface area contributed by atoms with Crippen LogP contribution in [0.15, 0.2) is 6.07 Å². The van der Waals surface area contributed by atoms with Crippen molar-refractivity contribution in [2.75, 3.05) is 46.5 Å². The molecule has 148 valence electrons. The monoisotopic (exact) mass is 394 g/mol. The van der Waals surface area contributed by atoms with Crippen molar-refractivity contribution < 1.29 is 24.2 Å². The predicted octanol–water partition coefficient (Wildman–Crippen LogP) is 0.992. The molecule has 3 aliphatic rings. The molecule has 7 nitrogen and oxygen atoms in total. The molecule has 0 aliphatic carbocycles. The summed E-state index contributed by atoms with van der Waals surface area (Å²) in [4.78, 5) is 30.3. The molecule has 2 amide bonds. The van der Waals surface area contributed by atoms with Gasteiger partial charge in [-0.3, -0.25) is 9.59 Å². The number of nitrogens with zero attached hydrogens (tertiary/aromatic N) is 2. The van der Waals surface area contributed by atoms with Crippen molar-refractivity contribution >= 4 is 23.2 Å². The Balaban J connectivity index is 1.51. The van der Waals surface area contributed by atoms with E-state index in [1.165, 1.54) is 24.0 Å². The quantitative estimate of drug-likeness (QED) is 0.827. The smallest absolute Gasteiger partial charge is 0.264 e. The number of carbonyl (C=O) groups is 2. The van der Waals surface area contributed by atoms with Crippen LogP contribution in [-0.2, 0) is 26.3 Å². The number of amides is 2. The Morgan fingerprint density at radius 1 is 1.33 bits per heavy atom. The van der Waals surface area contributed by atoms with Crippen LogP contribution in [0, 0.1) is 0 Å². The highest BCUT2D eigenvalue weighted by Crippen LogP contribution is 2.45. The zero-order valence-electron chi connectivity index (χ0n) is 15.6. The summed E-state index contributed by atoms with van der Waals surface area (Å²) in [5.74, 6) is 0.0202. The number of ether oxygens (including phenoxy) is 2. The van der Waals surface area contributed by atoms with Gasteiger partial charge in [0.15, 0.2) is 0 Å². The van der Waals surface area contributed by atoms with Gasteiger partial charge >= 0.3 is 0 Å². The van der Waals surface area contributed by atoms with E-state index in [1.807, 2.05) is 11.0 Å². The average Bonchev–Trinajstić information content (AvgIpc) is 3.29. The van der Waals surface area contributed by atoms with E-state index in [4.69, 9.17) is 9.47 Å². The molecule has 2 fully saturated rings. The van der Waals surface area contributed by atoms with Gasteiger partial charge in [0.2, 0.25) is 5.91 Å². The minimum Gasteiger partial charge on any atom is -0.391 e. The van der Waals surface area contributed by atoms with Crippen LogP contribution in [0.4, 0.5) is 0 Å². The van der Waals surface area contributed by atoms with Gasteiger partial charge in [-0.1, -0.05) is 0 Å². The van der Waals surface area contributed by atoms with Crippen molar-refractivity contribution in [3.8, 4) is 0 Å². The van der Waals surface area contributed by atoms with E-state index in [0.717, 1.165) is 29.0 Å². The first kappa shape index (κ1) is 18.9. The number of fused-ring (bicyclic) bond motifs is 2. The molecular weight excluding hydrogens is 368 g/mol. The molecule has 0 saturated carbocycles. The maximum absolute atomic E-state index is 12.8. The van der Waals surface area contributed by atoms with Crippen LogP contribution < -0.4 is 0 Å². The van der Waals surface area contributed by atoms with E-state index in [0.29, 0.717) is 39.2 Å². The van der Waals surface area contributed by atoms with Crippen LogP contribution in [0.5, 0.6) is 0 Å². The fraction of sp³-hybridized carbons (Fsp3) is 0.684. The van der Waals surface area contributed by atoms with Crippen molar-refractivity contribution in [1.29, 1.82) is 0 Å². The number of likely N-dealkylation sites (tertiary alicyclic amines) is 2. The first-order valence-corrected chi connectivity index (χ1v) is 10.4. The Morgan fingerprint density at radius 3 is 2.78 bits per heavy atom. The van der Waals surface area contributed by atoms with Crippen LogP contribution in [0.2, 0.25) is 0 Å². The number of aliphatic hydroxyl groups excluding tert-OH is 1. The lowest BCUT2D eigenvalue weighted by Crippen LogP contribution is -2.48. The number of thiophene rings is 1. The summed E-state index contributed by atoms with van der Waals surface area (Å²) in [6.07, 6.45) is 2.54. The second kappa shape index (κ2) is 7.50. The molecule has 1 spiro atoms. The van der Waals surface area contributed by atoms with Gasteiger partial charge in [0.25, 0.3) is 5.91 Å². The van der Waals surface area contributed by atoms with E-state index in [2.05, 4.69) is 0 Å². The molecule has 0 bridgehead atoms. The number of piperidine rings is 1. The fourth-order valence-electron chi connectivity index (χ4n) is 4.31. The molecule has 4 rings (SSSR count). The van der Waals surface area contributed by atoms with Gasteiger partial charge in [-0.05, 0) is 37.3 Å². The van der Waals surface area contributed by atoms with Crippen molar-refractivity contribution in [2.24, 2.45) is 0 Å². The second-order valence-corrected chi connectivity index (χ2v) is 8.62. The Bertz CT molecular complexity index is 726. The highest BCUT2D eigenvalue weighted by Gasteiger charge is 2.43. The molecule has 0 aromatic carbocycles. The summed E-state index contributed by atoms with van der Waals surface area (Å²) in [6, 6.07) is 2.01. The third kappa shape index (κ3) is 3.51. The van der Waals surface area contributed by atoms with Crippen molar-refractivity contribution in [2.45, 2.75) is 37.4 Å². The fourth-order valence-corrected chi connectivity index (χ4v) is 5.69. The lowest BCUT2D eigenvalue weighted by Gasteiger charge is -2.43. The van der Waals surface area contributed by atoms with E-state index in [9.17, 15) is 14.7 Å². The number of hydrogen-bond donors (Lipinski definition) is 1. The van der Waals surface area contributed by atoms with Gasteiger partial charge in [-0.15, -0.1) is 11.3 Å². The van der Waals surface area contributed by atoms with Gasteiger partial charge in [0, 0.05) is 38.2 Å². The first-order chi connectivity index (χ1) is 13.0. The summed E-state index contributed by atoms with van der Waals surface area (Å²) >= 11 is 1.53. The number of aliphatic hydroxyl groups is 1. The Labute approximate surface area is 162 Å². The van der Waals surface area contributed by atoms with E-state index in [-0.39, 0.29) is 24.0 Å². The lowest BCUT2D eigenvalue weighted by molar-refractivity contribution is -0.143. The summed E-state index contributed by atoms with van der Waals surface area (Å²) < 4.78 is 11.2. The van der Waals surface area contributed by atoms with Crippen LogP contribution in [0.3, 0.4) is 0 Å². The summed E-state index contributed by atoms with van der Waals surface area (Å²) in [5, 5.41) is 9.71. The van der Waals surface area contributed by atoms with E-state index in [1.54, 1.807) is 4.90 Å². The molecule has 27 heavy (non-hydrogen) atoms. The molecule has 1 aromatic heterocycles. The lowest BCUT2D eigenvalue weighted by atomic mass is 9.85. The zero-order valence-corrected chi connectivity index (χ0v) is 16.4. The molecule has 1 N–H and O–H groups in total. The second-order valence-electron chi connectivity index (χ2n) is 7.57. The Hall–Kier alpha value is -1.48.